The Kier molecular flexibility index (Phi) is 7.01. The number of carbonyl (C=O) groups is 1. The molecule has 198 valence electrons. The number of hydrogen-bond acceptors (Lipinski definition) is 9. The molecule has 9 nitrogen and oxygen atoms in total. The maximum Gasteiger partial charge on any atom is 0.417 e. The van der Waals surface area contributed by atoms with Crippen molar-refractivity contribution in [2.24, 2.45) is 0 Å². The molecule has 0 radical (unpaired) electrons. The minimum absolute atomic E-state index is 0.00282. The molecule has 1 aliphatic rings. The van der Waals surface area contributed by atoms with E-state index in [2.05, 4.69) is 43.4 Å². The van der Waals surface area contributed by atoms with Crippen LogP contribution in [0.4, 0.5) is 40.3 Å². The topological polar surface area (TPSA) is 96.4 Å². The summed E-state index contributed by atoms with van der Waals surface area (Å²) in [6.07, 6.45) is -2.03. The van der Waals surface area contributed by atoms with Crippen LogP contribution >= 0.6 is 11.5 Å². The van der Waals surface area contributed by atoms with Gasteiger partial charge >= 0.3 is 12.3 Å². The Labute approximate surface area is 216 Å². The Balaban J connectivity index is 1.63. The fourth-order valence-electron chi connectivity index (χ4n) is 3.82. The van der Waals surface area contributed by atoms with Crippen molar-refractivity contribution in [1.82, 2.24) is 19.3 Å². The lowest BCUT2D eigenvalue weighted by Crippen LogP contribution is -2.34. The highest BCUT2D eigenvalue weighted by atomic mass is 32.1. The zero-order valence-corrected chi connectivity index (χ0v) is 22.2. The van der Waals surface area contributed by atoms with Crippen molar-refractivity contribution in [2.75, 3.05) is 28.7 Å². The summed E-state index contributed by atoms with van der Waals surface area (Å²) in [4.78, 5) is 28.8. The van der Waals surface area contributed by atoms with Crippen LogP contribution in [0.15, 0.2) is 24.5 Å². The number of amides is 1. The first-order valence-corrected chi connectivity index (χ1v) is 12.4. The Bertz CT molecular complexity index is 1300. The maximum absolute atomic E-state index is 13.4. The summed E-state index contributed by atoms with van der Waals surface area (Å²) in [6.45, 7) is 10.2. The van der Waals surface area contributed by atoms with Gasteiger partial charge in [0.25, 0.3) is 0 Å². The third-order valence-corrected chi connectivity index (χ3v) is 6.25. The van der Waals surface area contributed by atoms with E-state index < -0.39 is 23.4 Å². The van der Waals surface area contributed by atoms with E-state index in [1.807, 2.05) is 12.3 Å². The summed E-state index contributed by atoms with van der Waals surface area (Å²) in [5, 5.41) is 3.18. The van der Waals surface area contributed by atoms with E-state index in [1.165, 1.54) is 7.05 Å². The number of halogens is 3. The molecule has 3 aromatic rings. The SMILES string of the molecule is CC(C)N1CCc2cnc(-c3nsc(Nc4ncc(C(F)(F)F)cc4N(C)C(=O)OC(C)(C)C)n3)cc21. The molecule has 1 N–H and O–H groups in total. The third kappa shape index (κ3) is 5.92. The molecule has 13 heteroatoms. The summed E-state index contributed by atoms with van der Waals surface area (Å²) in [7, 11) is 1.32. The van der Waals surface area contributed by atoms with Gasteiger partial charge in [-0.2, -0.15) is 22.5 Å². The van der Waals surface area contributed by atoms with Crippen LogP contribution in [0.2, 0.25) is 0 Å². The zero-order valence-electron chi connectivity index (χ0n) is 21.3. The number of aromatic nitrogens is 4. The molecule has 4 heterocycles. The second-order valence-corrected chi connectivity index (χ2v) is 10.7. The number of fused-ring (bicyclic) bond motifs is 1. The predicted molar refractivity (Wildman–Crippen MR) is 136 cm³/mol. The molecule has 0 saturated carbocycles. The number of alkyl halides is 3. The van der Waals surface area contributed by atoms with Crippen LogP contribution in [-0.2, 0) is 17.3 Å². The maximum atomic E-state index is 13.4. The summed E-state index contributed by atoms with van der Waals surface area (Å²) in [5.74, 6) is 0.372. The number of nitrogens with one attached hydrogen (secondary N) is 1. The van der Waals surface area contributed by atoms with Gasteiger partial charge in [-0.15, -0.1) is 0 Å². The van der Waals surface area contributed by atoms with Gasteiger partial charge in [0.2, 0.25) is 5.13 Å². The van der Waals surface area contributed by atoms with Gasteiger partial charge in [-0.05, 0) is 58.7 Å². The number of pyridine rings is 2. The minimum atomic E-state index is -4.64. The second-order valence-electron chi connectivity index (χ2n) is 9.91. The Hall–Kier alpha value is -3.48. The van der Waals surface area contributed by atoms with Crippen molar-refractivity contribution < 1.29 is 22.7 Å². The normalized spacial score (nSPS) is 13.6. The summed E-state index contributed by atoms with van der Waals surface area (Å²) in [6, 6.07) is 3.12. The molecule has 1 amide bonds. The number of anilines is 4. The van der Waals surface area contributed by atoms with E-state index in [4.69, 9.17) is 4.74 Å². The first-order valence-electron chi connectivity index (χ1n) is 11.6. The summed E-state index contributed by atoms with van der Waals surface area (Å²) >= 11 is 1.01. The molecule has 0 atom stereocenters. The number of carbonyl (C=O) groups excluding carboxylic acids is 1. The average molecular weight is 536 g/mol. The molecule has 0 aliphatic carbocycles. The van der Waals surface area contributed by atoms with Gasteiger partial charge in [-0.1, -0.05) is 0 Å². The minimum Gasteiger partial charge on any atom is -0.443 e. The molecule has 3 aromatic heterocycles. The molecule has 37 heavy (non-hydrogen) atoms. The quantitative estimate of drug-likeness (QED) is 0.431. The lowest BCUT2D eigenvalue weighted by atomic mass is 10.2. The van der Waals surface area contributed by atoms with E-state index in [0.29, 0.717) is 23.8 Å². The molecule has 0 unspecified atom stereocenters. The van der Waals surface area contributed by atoms with Crippen LogP contribution in [0.5, 0.6) is 0 Å². The van der Waals surface area contributed by atoms with Crippen molar-refractivity contribution in [1.29, 1.82) is 0 Å². The molecule has 0 spiro atoms. The highest BCUT2D eigenvalue weighted by Crippen LogP contribution is 2.36. The Morgan fingerprint density at radius 1 is 1.19 bits per heavy atom. The third-order valence-electron chi connectivity index (χ3n) is 5.62. The zero-order chi connectivity index (χ0) is 27.1. The van der Waals surface area contributed by atoms with Crippen LogP contribution in [0, 0.1) is 0 Å². The van der Waals surface area contributed by atoms with Crippen molar-refractivity contribution in [3.8, 4) is 11.5 Å². The lowest BCUT2D eigenvalue weighted by Gasteiger charge is -2.26. The van der Waals surface area contributed by atoms with Crippen molar-refractivity contribution in [3.05, 3.63) is 35.7 Å². The fraction of sp³-hybridized carbons (Fsp3) is 0.458. The summed E-state index contributed by atoms with van der Waals surface area (Å²) < 4.78 is 49.9. The van der Waals surface area contributed by atoms with Gasteiger partial charge in [-0.3, -0.25) is 9.88 Å². The smallest absolute Gasteiger partial charge is 0.417 e. The molecular weight excluding hydrogens is 507 g/mol. The van der Waals surface area contributed by atoms with Gasteiger partial charge in [0, 0.05) is 49.2 Å². The van der Waals surface area contributed by atoms with Gasteiger partial charge in [-0.25, -0.2) is 9.78 Å². The van der Waals surface area contributed by atoms with E-state index in [0.717, 1.165) is 46.7 Å². The van der Waals surface area contributed by atoms with E-state index in [9.17, 15) is 18.0 Å². The van der Waals surface area contributed by atoms with Crippen LogP contribution < -0.4 is 15.1 Å². The second kappa shape index (κ2) is 9.77. The van der Waals surface area contributed by atoms with Crippen LogP contribution in [-0.4, -0.2) is 50.7 Å². The van der Waals surface area contributed by atoms with Crippen LogP contribution in [0.3, 0.4) is 0 Å². The van der Waals surface area contributed by atoms with E-state index in [1.54, 1.807) is 20.8 Å². The summed E-state index contributed by atoms with van der Waals surface area (Å²) in [5.41, 5.74) is 0.880. The van der Waals surface area contributed by atoms with Crippen molar-refractivity contribution in [2.45, 2.75) is 58.9 Å². The van der Waals surface area contributed by atoms with Gasteiger partial charge in [0.15, 0.2) is 11.6 Å². The molecule has 0 saturated heterocycles. The van der Waals surface area contributed by atoms with Crippen LogP contribution in [0.1, 0.15) is 45.7 Å². The molecule has 4 rings (SSSR count). The monoisotopic (exact) mass is 535 g/mol. The molecule has 0 fully saturated rings. The van der Waals surface area contributed by atoms with Crippen molar-refractivity contribution >= 4 is 39.9 Å². The number of rotatable bonds is 5. The predicted octanol–water partition coefficient (Wildman–Crippen LogP) is 5.90. The lowest BCUT2D eigenvalue weighted by molar-refractivity contribution is -0.137. The van der Waals surface area contributed by atoms with Gasteiger partial charge < -0.3 is 15.0 Å². The standard InChI is InChI=1S/C24H28F3N7O2S/c1-13(2)34-8-7-14-11-28-16(10-17(14)34)19-30-21(37-32-19)31-20-18(9-15(12-29-20)24(25,26)27)33(6)22(35)36-23(3,4)5/h9-13H,7-8H2,1-6H3,(H,29,30,31,32). The number of nitrogens with zero attached hydrogens (tertiary/aromatic N) is 6. The molecule has 0 bridgehead atoms. The van der Waals surface area contributed by atoms with Gasteiger partial charge in [0.05, 0.1) is 11.3 Å². The largest absolute Gasteiger partial charge is 0.443 e. The fourth-order valence-corrected chi connectivity index (χ4v) is 4.40. The van der Waals surface area contributed by atoms with E-state index in [-0.39, 0.29) is 16.6 Å². The molecule has 1 aliphatic heterocycles. The first-order chi connectivity index (χ1) is 17.2. The van der Waals surface area contributed by atoms with Crippen LogP contribution in [0.25, 0.3) is 11.5 Å². The Morgan fingerprint density at radius 3 is 2.57 bits per heavy atom. The number of ether oxygens (including phenoxy) is 1. The van der Waals surface area contributed by atoms with Gasteiger partial charge in [0.1, 0.15) is 11.3 Å². The highest BCUT2D eigenvalue weighted by Gasteiger charge is 2.33. The Morgan fingerprint density at radius 2 is 1.92 bits per heavy atom. The first kappa shape index (κ1) is 26.6. The number of hydrogen-bond donors (Lipinski definition) is 1. The van der Waals surface area contributed by atoms with Crippen molar-refractivity contribution in [3.63, 3.8) is 0 Å². The average Bonchev–Trinajstić information content (AvgIpc) is 3.43. The molecule has 0 aromatic carbocycles. The molecular formula is C24H28F3N7O2S. The van der Waals surface area contributed by atoms with E-state index >= 15 is 0 Å². The highest BCUT2D eigenvalue weighted by molar-refractivity contribution is 7.09.